The zero-order valence-corrected chi connectivity index (χ0v) is 14.7. The number of allylic oxidation sites excluding steroid dienone is 2. The quantitative estimate of drug-likeness (QED) is 0.732. The number of carboxylic acids is 1. The Hall–Kier alpha value is -2.63. The second-order valence-electron chi connectivity index (χ2n) is 7.27. The van der Waals surface area contributed by atoms with E-state index < -0.39 is 17.8 Å². The van der Waals surface area contributed by atoms with E-state index >= 15 is 0 Å². The van der Waals surface area contributed by atoms with Gasteiger partial charge in [0.25, 0.3) is 5.91 Å². The highest BCUT2D eigenvalue weighted by Crippen LogP contribution is 2.27. The molecule has 1 aliphatic rings. The molecule has 0 radical (unpaired) electrons. The van der Waals surface area contributed by atoms with Crippen molar-refractivity contribution in [1.82, 2.24) is 5.32 Å². The molecular formula is C19H24N2O4. The topological polar surface area (TPSA) is 95.5 Å². The highest BCUT2D eigenvalue weighted by molar-refractivity contribution is 5.99. The highest BCUT2D eigenvalue weighted by Gasteiger charge is 2.34. The number of hydrogen-bond acceptors (Lipinski definition) is 3. The number of hydrogen-bond donors (Lipinski definition) is 3. The van der Waals surface area contributed by atoms with Gasteiger partial charge in [-0.15, -0.1) is 0 Å². The van der Waals surface area contributed by atoms with E-state index in [1.54, 1.807) is 30.3 Å². The summed E-state index contributed by atoms with van der Waals surface area (Å²) < 4.78 is 0. The van der Waals surface area contributed by atoms with Crippen LogP contribution in [0.5, 0.6) is 0 Å². The van der Waals surface area contributed by atoms with Crippen LogP contribution in [-0.4, -0.2) is 28.4 Å². The largest absolute Gasteiger partial charge is 0.481 e. The van der Waals surface area contributed by atoms with Crippen molar-refractivity contribution in [2.75, 3.05) is 5.32 Å². The van der Waals surface area contributed by atoms with Crippen LogP contribution in [0.25, 0.3) is 0 Å². The Labute approximate surface area is 147 Å². The van der Waals surface area contributed by atoms with Crippen LogP contribution in [-0.2, 0) is 9.59 Å². The molecule has 6 nitrogen and oxygen atoms in total. The SMILES string of the molecule is CC(C)(C)NC(=O)c1cccc(NC(=O)[C@H]2CC=CC[C@H]2C(=O)O)c1. The molecule has 0 heterocycles. The van der Waals surface area contributed by atoms with Crippen molar-refractivity contribution in [2.45, 2.75) is 39.2 Å². The monoisotopic (exact) mass is 344 g/mol. The van der Waals surface area contributed by atoms with Gasteiger partial charge in [-0.1, -0.05) is 18.2 Å². The maximum Gasteiger partial charge on any atom is 0.307 e. The average Bonchev–Trinajstić information content (AvgIpc) is 2.53. The molecular weight excluding hydrogens is 320 g/mol. The number of rotatable bonds is 4. The van der Waals surface area contributed by atoms with Crippen molar-refractivity contribution in [1.29, 1.82) is 0 Å². The molecule has 0 aliphatic heterocycles. The Morgan fingerprint density at radius 2 is 1.72 bits per heavy atom. The molecule has 0 saturated heterocycles. The predicted molar refractivity (Wildman–Crippen MR) is 95.3 cm³/mol. The summed E-state index contributed by atoms with van der Waals surface area (Å²) in [5.74, 6) is -2.88. The Morgan fingerprint density at radius 1 is 1.08 bits per heavy atom. The minimum atomic E-state index is -0.970. The van der Waals surface area contributed by atoms with Crippen LogP contribution in [0.15, 0.2) is 36.4 Å². The van der Waals surface area contributed by atoms with E-state index in [0.29, 0.717) is 24.1 Å². The van der Waals surface area contributed by atoms with Gasteiger partial charge in [0.1, 0.15) is 0 Å². The molecule has 0 unspecified atom stereocenters. The number of carboxylic acid groups (broad SMARTS) is 1. The standard InChI is InChI=1S/C19H24N2O4/c1-19(2,3)21-16(22)12-7-6-8-13(11-12)20-17(23)14-9-4-5-10-15(14)18(24)25/h4-8,11,14-15H,9-10H2,1-3H3,(H,20,23)(H,21,22)(H,24,25)/t14-,15+/m0/s1. The molecule has 2 amide bonds. The van der Waals surface area contributed by atoms with Gasteiger partial charge in [0.05, 0.1) is 11.8 Å². The van der Waals surface area contributed by atoms with Crippen molar-refractivity contribution in [3.05, 3.63) is 42.0 Å². The number of carbonyl (C=O) groups is 3. The Kier molecular flexibility index (Phi) is 5.62. The van der Waals surface area contributed by atoms with E-state index in [0.717, 1.165) is 0 Å². The normalized spacial score (nSPS) is 20.0. The van der Waals surface area contributed by atoms with Crippen LogP contribution in [0.2, 0.25) is 0 Å². The summed E-state index contributed by atoms with van der Waals surface area (Å²) in [6.45, 7) is 5.66. The van der Waals surface area contributed by atoms with Crippen molar-refractivity contribution in [3.63, 3.8) is 0 Å². The smallest absolute Gasteiger partial charge is 0.307 e. The molecule has 1 aromatic carbocycles. The Bertz CT molecular complexity index is 704. The molecule has 0 aromatic heterocycles. The first-order chi connectivity index (χ1) is 11.7. The number of nitrogens with one attached hydrogen (secondary N) is 2. The summed E-state index contributed by atoms with van der Waals surface area (Å²) in [6, 6.07) is 6.62. The zero-order chi connectivity index (χ0) is 18.6. The number of carbonyl (C=O) groups excluding carboxylic acids is 2. The van der Waals surface area contributed by atoms with Crippen LogP contribution >= 0.6 is 0 Å². The molecule has 25 heavy (non-hydrogen) atoms. The van der Waals surface area contributed by atoms with E-state index in [-0.39, 0.29) is 17.4 Å². The molecule has 1 aliphatic carbocycles. The van der Waals surface area contributed by atoms with Crippen LogP contribution in [0, 0.1) is 11.8 Å². The second kappa shape index (κ2) is 7.51. The van der Waals surface area contributed by atoms with E-state index in [4.69, 9.17) is 0 Å². The van der Waals surface area contributed by atoms with Gasteiger partial charge in [-0.3, -0.25) is 14.4 Å². The fourth-order valence-electron chi connectivity index (χ4n) is 2.76. The van der Waals surface area contributed by atoms with Crippen molar-refractivity contribution in [3.8, 4) is 0 Å². The van der Waals surface area contributed by atoms with Crippen molar-refractivity contribution in [2.24, 2.45) is 11.8 Å². The molecule has 1 aromatic rings. The lowest BCUT2D eigenvalue weighted by Crippen LogP contribution is -2.40. The summed E-state index contributed by atoms with van der Waals surface area (Å²) in [7, 11) is 0. The fraction of sp³-hybridized carbons (Fsp3) is 0.421. The third-order valence-electron chi connectivity index (χ3n) is 3.97. The van der Waals surface area contributed by atoms with Crippen LogP contribution in [0.1, 0.15) is 44.0 Å². The third kappa shape index (κ3) is 5.17. The fourth-order valence-corrected chi connectivity index (χ4v) is 2.76. The lowest BCUT2D eigenvalue weighted by molar-refractivity contribution is -0.146. The summed E-state index contributed by atoms with van der Waals surface area (Å²) in [5, 5.41) is 14.9. The molecule has 6 heteroatoms. The zero-order valence-electron chi connectivity index (χ0n) is 14.7. The molecule has 3 N–H and O–H groups in total. The van der Waals surface area contributed by atoms with E-state index in [9.17, 15) is 19.5 Å². The van der Waals surface area contributed by atoms with Crippen LogP contribution in [0.3, 0.4) is 0 Å². The summed E-state index contributed by atoms with van der Waals surface area (Å²) >= 11 is 0. The molecule has 0 bridgehead atoms. The Morgan fingerprint density at radius 3 is 2.32 bits per heavy atom. The lowest BCUT2D eigenvalue weighted by atomic mass is 9.82. The maximum absolute atomic E-state index is 12.5. The number of aliphatic carboxylic acids is 1. The first-order valence-electron chi connectivity index (χ1n) is 8.28. The number of anilines is 1. The van der Waals surface area contributed by atoms with Crippen LogP contribution < -0.4 is 10.6 Å². The van der Waals surface area contributed by atoms with Crippen molar-refractivity contribution < 1.29 is 19.5 Å². The lowest BCUT2D eigenvalue weighted by Gasteiger charge is -2.24. The third-order valence-corrected chi connectivity index (χ3v) is 3.97. The predicted octanol–water partition coefficient (Wildman–Crippen LogP) is 2.82. The number of benzene rings is 1. The van der Waals surface area contributed by atoms with Gasteiger partial charge in [0.2, 0.25) is 5.91 Å². The average molecular weight is 344 g/mol. The molecule has 0 fully saturated rings. The Balaban J connectivity index is 2.11. The highest BCUT2D eigenvalue weighted by atomic mass is 16.4. The minimum Gasteiger partial charge on any atom is -0.481 e. The minimum absolute atomic E-state index is 0.229. The molecule has 0 saturated carbocycles. The molecule has 2 rings (SSSR count). The first kappa shape index (κ1) is 18.7. The first-order valence-corrected chi connectivity index (χ1v) is 8.28. The molecule has 0 spiro atoms. The van der Waals surface area contributed by atoms with Gasteiger partial charge < -0.3 is 15.7 Å². The molecule has 2 atom stereocenters. The molecule has 134 valence electrons. The van der Waals surface area contributed by atoms with E-state index in [1.807, 2.05) is 26.8 Å². The van der Waals surface area contributed by atoms with Gasteiger partial charge in [-0.25, -0.2) is 0 Å². The summed E-state index contributed by atoms with van der Waals surface area (Å²) in [6.07, 6.45) is 4.37. The second-order valence-corrected chi connectivity index (χ2v) is 7.27. The maximum atomic E-state index is 12.5. The van der Waals surface area contributed by atoms with E-state index in [2.05, 4.69) is 10.6 Å². The van der Waals surface area contributed by atoms with Gasteiger partial charge in [-0.2, -0.15) is 0 Å². The van der Waals surface area contributed by atoms with Crippen LogP contribution in [0.4, 0.5) is 5.69 Å². The van der Waals surface area contributed by atoms with Gasteiger partial charge in [0.15, 0.2) is 0 Å². The van der Waals surface area contributed by atoms with Gasteiger partial charge in [0, 0.05) is 16.8 Å². The van der Waals surface area contributed by atoms with Crippen molar-refractivity contribution >= 4 is 23.5 Å². The van der Waals surface area contributed by atoms with E-state index in [1.165, 1.54) is 0 Å². The number of amides is 2. The summed E-state index contributed by atoms with van der Waals surface area (Å²) in [5.41, 5.74) is 0.552. The van der Waals surface area contributed by atoms with Gasteiger partial charge in [-0.05, 0) is 51.8 Å². The summed E-state index contributed by atoms with van der Waals surface area (Å²) in [4.78, 5) is 36.0. The van der Waals surface area contributed by atoms with Gasteiger partial charge >= 0.3 is 5.97 Å².